The molecule has 3 nitrogen and oxygen atoms in total. The third-order valence-electron chi connectivity index (χ3n) is 3.20. The van der Waals surface area contributed by atoms with E-state index in [0.29, 0.717) is 36.9 Å². The van der Waals surface area contributed by atoms with Crippen molar-refractivity contribution >= 4 is 41.2 Å². The highest BCUT2D eigenvalue weighted by atomic mass is 35.7. The zero-order valence-electron chi connectivity index (χ0n) is 9.70. The minimum atomic E-state index is -2.96. The zero-order chi connectivity index (χ0) is 12.5. The van der Waals surface area contributed by atoms with Crippen LogP contribution in [0.15, 0.2) is 0 Å². The van der Waals surface area contributed by atoms with Gasteiger partial charge in [0.25, 0.3) is 0 Å². The molecule has 0 aromatic rings. The molecular weight excluding hydrogens is 301 g/mol. The van der Waals surface area contributed by atoms with Gasteiger partial charge in [-0.2, -0.15) is 0 Å². The molecule has 2 aliphatic rings. The van der Waals surface area contributed by atoms with Gasteiger partial charge in [-0.15, -0.1) is 23.2 Å². The van der Waals surface area contributed by atoms with Crippen molar-refractivity contribution in [3.8, 4) is 0 Å². The minimum Gasteiger partial charge on any atom is -0.271 e. The van der Waals surface area contributed by atoms with E-state index in [4.69, 9.17) is 34.4 Å². The number of rotatable bonds is 8. The van der Waals surface area contributed by atoms with Gasteiger partial charge in [0.2, 0.25) is 0 Å². The highest BCUT2D eigenvalue weighted by Gasteiger charge is 2.47. The second kappa shape index (κ2) is 5.98. The average molecular weight is 320 g/mol. The molecule has 7 heteroatoms. The summed E-state index contributed by atoms with van der Waals surface area (Å²) in [7, 11) is 0. The number of alkyl halides is 2. The van der Waals surface area contributed by atoms with Gasteiger partial charge in [-0.3, -0.25) is 4.57 Å². The van der Waals surface area contributed by atoms with Crippen molar-refractivity contribution in [3.05, 3.63) is 0 Å². The minimum absolute atomic E-state index is 0.355. The third-order valence-corrected chi connectivity index (χ3v) is 7.02. The molecule has 0 aliphatic heterocycles. The van der Waals surface area contributed by atoms with Crippen LogP contribution in [0.2, 0.25) is 0 Å². The lowest BCUT2D eigenvalue weighted by molar-refractivity contribution is 0.350. The summed E-state index contributed by atoms with van der Waals surface area (Å²) < 4.78 is 16.7. The number of nitrogens with zero attached hydrogens (tertiary/aromatic N) is 2. The number of hydrogen-bond acceptors (Lipinski definition) is 1. The highest BCUT2D eigenvalue weighted by Crippen LogP contribution is 2.64. The van der Waals surface area contributed by atoms with Crippen LogP contribution in [0.4, 0.5) is 0 Å². The highest BCUT2D eigenvalue weighted by molar-refractivity contribution is 7.85. The van der Waals surface area contributed by atoms with E-state index in [-0.39, 0.29) is 0 Å². The summed E-state index contributed by atoms with van der Waals surface area (Å²) in [5.41, 5.74) is 0. The lowest BCUT2D eigenvalue weighted by Crippen LogP contribution is -2.34. The van der Waals surface area contributed by atoms with Crippen LogP contribution in [0.1, 0.15) is 25.7 Å². The second-order valence-corrected chi connectivity index (χ2v) is 8.69. The summed E-state index contributed by atoms with van der Waals surface area (Å²) in [4.78, 5) is 0. The first-order valence-corrected chi connectivity index (χ1v) is 9.65. The Hall–Kier alpha value is 1.02. The maximum atomic E-state index is 12.9. The van der Waals surface area contributed by atoms with Gasteiger partial charge in [-0.05, 0) is 36.9 Å². The summed E-state index contributed by atoms with van der Waals surface area (Å²) >= 11 is 18.0. The quantitative estimate of drug-likeness (QED) is 0.503. The Labute approximate surface area is 118 Å². The van der Waals surface area contributed by atoms with E-state index < -0.39 is 6.80 Å². The number of halogens is 3. The first-order chi connectivity index (χ1) is 8.11. The van der Waals surface area contributed by atoms with E-state index in [1.165, 1.54) is 0 Å². The predicted octanol–water partition coefficient (Wildman–Crippen LogP) is 3.74. The first kappa shape index (κ1) is 14.4. The zero-order valence-corrected chi connectivity index (χ0v) is 12.9. The number of hydrogen-bond donors (Lipinski definition) is 0. The van der Waals surface area contributed by atoms with Crippen molar-refractivity contribution < 1.29 is 4.57 Å². The molecule has 0 saturated heterocycles. The van der Waals surface area contributed by atoms with Crippen LogP contribution in [0.5, 0.6) is 0 Å². The molecule has 2 fully saturated rings. The molecular formula is C10H18Cl3N2OP. The van der Waals surface area contributed by atoms with Gasteiger partial charge in [0.05, 0.1) is 0 Å². The van der Waals surface area contributed by atoms with E-state index >= 15 is 0 Å². The molecule has 0 radical (unpaired) electrons. The van der Waals surface area contributed by atoms with Gasteiger partial charge in [0.15, 0.2) is 0 Å². The molecule has 0 atom stereocenters. The van der Waals surface area contributed by atoms with Crippen molar-refractivity contribution in [2.45, 2.75) is 37.8 Å². The fourth-order valence-corrected chi connectivity index (χ4v) is 6.13. The summed E-state index contributed by atoms with van der Waals surface area (Å²) in [5, 5.41) is 0. The van der Waals surface area contributed by atoms with E-state index in [2.05, 4.69) is 0 Å². The van der Waals surface area contributed by atoms with Gasteiger partial charge >= 0.3 is 6.80 Å². The van der Waals surface area contributed by atoms with Crippen molar-refractivity contribution in [2.75, 3.05) is 24.8 Å². The Morgan fingerprint density at radius 1 is 0.941 bits per heavy atom. The molecule has 0 heterocycles. The predicted molar refractivity (Wildman–Crippen MR) is 74.4 cm³/mol. The van der Waals surface area contributed by atoms with Gasteiger partial charge in [-0.1, -0.05) is 0 Å². The summed E-state index contributed by atoms with van der Waals surface area (Å²) in [6, 6.07) is 0.710. The molecule has 0 bridgehead atoms. The average Bonchev–Trinajstić information content (AvgIpc) is 3.15. The monoisotopic (exact) mass is 318 g/mol. The molecule has 17 heavy (non-hydrogen) atoms. The fraction of sp³-hybridized carbons (Fsp3) is 1.00. The fourth-order valence-electron chi connectivity index (χ4n) is 2.08. The maximum absolute atomic E-state index is 12.9. The van der Waals surface area contributed by atoms with Crippen LogP contribution in [-0.4, -0.2) is 46.3 Å². The molecule has 100 valence electrons. The Morgan fingerprint density at radius 2 is 1.29 bits per heavy atom. The molecule has 0 aromatic carbocycles. The van der Waals surface area contributed by atoms with Crippen LogP contribution in [0.3, 0.4) is 0 Å². The van der Waals surface area contributed by atoms with Gasteiger partial charge in [0.1, 0.15) is 0 Å². The summed E-state index contributed by atoms with van der Waals surface area (Å²) in [6.45, 7) is -1.77. The van der Waals surface area contributed by atoms with E-state index in [1.807, 2.05) is 9.34 Å². The molecule has 0 amide bonds. The largest absolute Gasteiger partial charge is 0.305 e. The van der Waals surface area contributed by atoms with Crippen LogP contribution in [-0.2, 0) is 4.57 Å². The third kappa shape index (κ3) is 3.52. The van der Waals surface area contributed by atoms with Crippen molar-refractivity contribution in [2.24, 2.45) is 0 Å². The first-order valence-electron chi connectivity index (χ1n) is 6.07. The summed E-state index contributed by atoms with van der Waals surface area (Å²) in [6.07, 6.45) is 4.31. The second-order valence-electron chi connectivity index (χ2n) is 4.64. The van der Waals surface area contributed by atoms with Crippen LogP contribution in [0, 0.1) is 0 Å². The van der Waals surface area contributed by atoms with E-state index in [0.717, 1.165) is 25.7 Å². The lowest BCUT2D eigenvalue weighted by atomic mass is 10.6. The molecule has 0 N–H and O–H groups in total. The van der Waals surface area contributed by atoms with Gasteiger partial charge in [-0.25, -0.2) is 9.34 Å². The Kier molecular flexibility index (Phi) is 5.08. The van der Waals surface area contributed by atoms with Crippen LogP contribution >= 0.6 is 41.2 Å². The Morgan fingerprint density at radius 3 is 1.53 bits per heavy atom. The molecule has 0 unspecified atom stereocenters. The van der Waals surface area contributed by atoms with Crippen molar-refractivity contribution in [3.63, 3.8) is 0 Å². The van der Waals surface area contributed by atoms with Crippen molar-refractivity contribution in [1.29, 1.82) is 0 Å². The normalized spacial score (nSPS) is 21.5. The summed E-state index contributed by atoms with van der Waals surface area (Å²) in [5.74, 6) is 0.930. The molecule has 2 saturated carbocycles. The topological polar surface area (TPSA) is 23.6 Å². The Balaban J connectivity index is 2.09. The van der Waals surface area contributed by atoms with Crippen LogP contribution < -0.4 is 0 Å². The maximum Gasteiger partial charge on any atom is 0.305 e. The van der Waals surface area contributed by atoms with E-state index in [1.54, 1.807) is 0 Å². The smallest absolute Gasteiger partial charge is 0.271 e. The molecule has 0 spiro atoms. The van der Waals surface area contributed by atoms with Gasteiger partial charge < -0.3 is 0 Å². The SMILES string of the molecule is O=P(Cl)(N(CCCl)C1CC1)N(CCCl)C1CC1. The van der Waals surface area contributed by atoms with Gasteiger partial charge in [0, 0.05) is 36.9 Å². The van der Waals surface area contributed by atoms with E-state index in [9.17, 15) is 4.57 Å². The van der Waals surface area contributed by atoms with Crippen LogP contribution in [0.25, 0.3) is 0 Å². The Bertz CT molecular complexity index is 284. The molecule has 0 aromatic heterocycles. The molecule has 2 aliphatic carbocycles. The standard InChI is InChI=1S/C10H18Cl3N2OP/c11-5-7-14(9-1-2-9)17(13,16)15(8-6-12)10-3-4-10/h9-10H,1-8H2. The molecule has 2 rings (SSSR count). The lowest BCUT2D eigenvalue weighted by Gasteiger charge is -2.34. The van der Waals surface area contributed by atoms with Crippen molar-refractivity contribution in [1.82, 2.24) is 9.34 Å².